The zero-order chi connectivity index (χ0) is 14.0. The lowest BCUT2D eigenvalue weighted by Gasteiger charge is -2.10. The zero-order valence-corrected chi connectivity index (χ0v) is 12.4. The SMILES string of the molecule is Cc1ccc(Cl)c(NS(=O)(=O)c2ccsc2CO)c1. The number of halogens is 1. The minimum atomic E-state index is -3.74. The standard InChI is InChI=1S/C12H12ClNO3S2/c1-8-2-3-9(13)10(6-8)14-19(16,17)12-4-5-18-11(12)7-15/h2-6,14-15H,7H2,1H3. The highest BCUT2D eigenvalue weighted by Crippen LogP contribution is 2.28. The third kappa shape index (κ3) is 3.09. The molecule has 102 valence electrons. The van der Waals surface area contributed by atoms with Gasteiger partial charge in [0.05, 0.1) is 22.2 Å². The fourth-order valence-electron chi connectivity index (χ4n) is 1.60. The fourth-order valence-corrected chi connectivity index (χ4v) is 4.19. The lowest BCUT2D eigenvalue weighted by atomic mass is 10.2. The largest absolute Gasteiger partial charge is 0.391 e. The number of sulfonamides is 1. The summed E-state index contributed by atoms with van der Waals surface area (Å²) in [4.78, 5) is 0.480. The van der Waals surface area contributed by atoms with Gasteiger partial charge < -0.3 is 5.11 Å². The topological polar surface area (TPSA) is 66.4 Å². The molecule has 2 aromatic rings. The molecule has 0 saturated carbocycles. The Morgan fingerprint density at radius 3 is 2.79 bits per heavy atom. The molecule has 1 heterocycles. The first kappa shape index (κ1) is 14.3. The molecule has 0 atom stereocenters. The van der Waals surface area contributed by atoms with E-state index in [1.165, 1.54) is 17.4 Å². The van der Waals surface area contributed by atoms with Gasteiger partial charge in [0.25, 0.3) is 10.0 Å². The highest BCUT2D eigenvalue weighted by atomic mass is 35.5. The van der Waals surface area contributed by atoms with Crippen molar-refractivity contribution in [3.63, 3.8) is 0 Å². The lowest BCUT2D eigenvalue weighted by molar-refractivity contribution is 0.282. The lowest BCUT2D eigenvalue weighted by Crippen LogP contribution is -2.14. The molecule has 0 unspecified atom stereocenters. The number of benzene rings is 1. The van der Waals surface area contributed by atoms with E-state index in [1.54, 1.807) is 23.6 Å². The second-order valence-electron chi connectivity index (χ2n) is 3.95. The van der Waals surface area contributed by atoms with Crippen LogP contribution in [0.25, 0.3) is 0 Å². The number of nitrogens with one attached hydrogen (secondary N) is 1. The van der Waals surface area contributed by atoms with Crippen LogP contribution in [0.3, 0.4) is 0 Å². The number of anilines is 1. The van der Waals surface area contributed by atoms with Gasteiger partial charge in [-0.05, 0) is 36.1 Å². The molecule has 0 bridgehead atoms. The van der Waals surface area contributed by atoms with Crippen molar-refractivity contribution in [1.82, 2.24) is 0 Å². The number of aliphatic hydroxyl groups is 1. The van der Waals surface area contributed by atoms with Crippen molar-refractivity contribution in [2.24, 2.45) is 0 Å². The van der Waals surface area contributed by atoms with Gasteiger partial charge in [-0.3, -0.25) is 4.72 Å². The van der Waals surface area contributed by atoms with Crippen LogP contribution in [0, 0.1) is 6.92 Å². The van der Waals surface area contributed by atoms with Gasteiger partial charge in [-0.2, -0.15) is 0 Å². The molecular formula is C12H12ClNO3S2. The van der Waals surface area contributed by atoms with Gasteiger partial charge in [0.1, 0.15) is 4.90 Å². The molecule has 1 aromatic heterocycles. The second kappa shape index (κ2) is 5.50. The fraction of sp³-hybridized carbons (Fsp3) is 0.167. The van der Waals surface area contributed by atoms with E-state index < -0.39 is 10.0 Å². The van der Waals surface area contributed by atoms with Gasteiger partial charge >= 0.3 is 0 Å². The number of hydrogen-bond acceptors (Lipinski definition) is 4. The van der Waals surface area contributed by atoms with Crippen molar-refractivity contribution in [2.45, 2.75) is 18.4 Å². The Kier molecular flexibility index (Phi) is 4.15. The monoisotopic (exact) mass is 317 g/mol. The normalized spacial score (nSPS) is 11.5. The minimum Gasteiger partial charge on any atom is -0.391 e. The summed E-state index contributed by atoms with van der Waals surface area (Å²) in [5, 5.41) is 11.1. The van der Waals surface area contributed by atoms with Crippen LogP contribution in [-0.2, 0) is 16.6 Å². The molecule has 0 fully saturated rings. The summed E-state index contributed by atoms with van der Waals surface area (Å²) in [6, 6.07) is 6.55. The number of hydrogen-bond donors (Lipinski definition) is 2. The number of aryl methyl sites for hydroxylation is 1. The molecule has 0 spiro atoms. The Hall–Kier alpha value is -1.08. The first-order valence-electron chi connectivity index (χ1n) is 5.40. The molecule has 0 aliphatic heterocycles. The number of thiophene rings is 1. The molecular weight excluding hydrogens is 306 g/mol. The highest BCUT2D eigenvalue weighted by Gasteiger charge is 2.20. The first-order chi connectivity index (χ1) is 8.94. The van der Waals surface area contributed by atoms with Crippen LogP contribution in [0.2, 0.25) is 5.02 Å². The molecule has 0 aliphatic rings. The average Bonchev–Trinajstić information content (AvgIpc) is 2.82. The summed E-state index contributed by atoms with van der Waals surface area (Å²) in [5.74, 6) is 0. The molecule has 2 rings (SSSR count). The van der Waals surface area contributed by atoms with Gasteiger partial charge in [0, 0.05) is 0 Å². The molecule has 4 nitrogen and oxygen atoms in total. The molecule has 0 aliphatic carbocycles. The summed E-state index contributed by atoms with van der Waals surface area (Å²) in [5.41, 5.74) is 1.23. The predicted octanol–water partition coefficient (Wildman–Crippen LogP) is 3.00. The Morgan fingerprint density at radius 2 is 2.11 bits per heavy atom. The zero-order valence-electron chi connectivity index (χ0n) is 10.1. The van der Waals surface area contributed by atoms with Crippen molar-refractivity contribution in [1.29, 1.82) is 0 Å². The maximum absolute atomic E-state index is 12.2. The van der Waals surface area contributed by atoms with Crippen LogP contribution in [0.15, 0.2) is 34.5 Å². The Morgan fingerprint density at radius 1 is 1.37 bits per heavy atom. The van der Waals surface area contributed by atoms with Gasteiger partial charge in [-0.25, -0.2) is 8.42 Å². The van der Waals surface area contributed by atoms with Gasteiger partial charge in [-0.1, -0.05) is 17.7 Å². The van der Waals surface area contributed by atoms with E-state index in [4.69, 9.17) is 16.7 Å². The van der Waals surface area contributed by atoms with E-state index in [9.17, 15) is 8.42 Å². The van der Waals surface area contributed by atoms with E-state index in [2.05, 4.69) is 4.72 Å². The Bertz CT molecular complexity index is 695. The van der Waals surface area contributed by atoms with Crippen molar-refractivity contribution in [3.8, 4) is 0 Å². The molecule has 2 N–H and O–H groups in total. The van der Waals surface area contributed by atoms with Crippen molar-refractivity contribution >= 4 is 38.6 Å². The smallest absolute Gasteiger partial charge is 0.263 e. The molecule has 0 amide bonds. The van der Waals surface area contributed by atoms with E-state index >= 15 is 0 Å². The van der Waals surface area contributed by atoms with Crippen molar-refractivity contribution < 1.29 is 13.5 Å². The van der Waals surface area contributed by atoms with Crippen LogP contribution < -0.4 is 4.72 Å². The summed E-state index contributed by atoms with van der Waals surface area (Å²) in [6.07, 6.45) is 0. The molecule has 0 saturated heterocycles. The van der Waals surface area contributed by atoms with Crippen molar-refractivity contribution in [2.75, 3.05) is 4.72 Å². The third-order valence-corrected chi connectivity index (χ3v) is 5.32. The van der Waals surface area contributed by atoms with E-state index in [1.807, 2.05) is 6.92 Å². The maximum atomic E-state index is 12.2. The van der Waals surface area contributed by atoms with Crippen LogP contribution in [-0.4, -0.2) is 13.5 Å². The van der Waals surface area contributed by atoms with Crippen molar-refractivity contribution in [3.05, 3.63) is 45.1 Å². The summed E-state index contributed by atoms with van der Waals surface area (Å²) in [7, 11) is -3.74. The second-order valence-corrected chi connectivity index (χ2v) is 7.01. The number of rotatable bonds is 4. The van der Waals surface area contributed by atoms with Crippen LogP contribution in [0.5, 0.6) is 0 Å². The first-order valence-corrected chi connectivity index (χ1v) is 8.14. The van der Waals surface area contributed by atoms with Gasteiger partial charge in [0.15, 0.2) is 0 Å². The molecule has 1 aromatic carbocycles. The van der Waals surface area contributed by atoms with Gasteiger partial charge in [-0.15, -0.1) is 11.3 Å². The third-order valence-electron chi connectivity index (χ3n) is 2.50. The predicted molar refractivity (Wildman–Crippen MR) is 77.2 cm³/mol. The van der Waals surface area contributed by atoms with Crippen LogP contribution >= 0.6 is 22.9 Å². The Labute approximate surface area is 120 Å². The van der Waals surface area contributed by atoms with Gasteiger partial charge in [0.2, 0.25) is 0 Å². The number of aliphatic hydroxyl groups excluding tert-OH is 1. The van der Waals surface area contributed by atoms with E-state index in [-0.39, 0.29) is 11.5 Å². The van der Waals surface area contributed by atoms with E-state index in [0.717, 1.165) is 5.56 Å². The highest BCUT2D eigenvalue weighted by molar-refractivity contribution is 7.93. The summed E-state index contributed by atoms with van der Waals surface area (Å²) >= 11 is 7.16. The van der Waals surface area contributed by atoms with Crippen LogP contribution in [0.4, 0.5) is 5.69 Å². The van der Waals surface area contributed by atoms with Crippen LogP contribution in [0.1, 0.15) is 10.4 Å². The molecule has 0 radical (unpaired) electrons. The average molecular weight is 318 g/mol. The van der Waals surface area contributed by atoms with E-state index in [0.29, 0.717) is 15.6 Å². The summed E-state index contributed by atoms with van der Waals surface area (Å²) in [6.45, 7) is 1.54. The Balaban J connectivity index is 2.39. The molecule has 7 heteroatoms. The minimum absolute atomic E-state index is 0.0811. The summed E-state index contributed by atoms with van der Waals surface area (Å²) < 4.78 is 26.9. The quantitative estimate of drug-likeness (QED) is 0.911. The maximum Gasteiger partial charge on any atom is 0.263 e. The molecule has 19 heavy (non-hydrogen) atoms.